The molecule has 3 aliphatic heterocycles. The number of rotatable bonds is 4. The van der Waals surface area contributed by atoms with Crippen molar-refractivity contribution in [2.45, 2.75) is 90.1 Å². The van der Waals surface area contributed by atoms with Crippen LogP contribution in [0, 0.1) is 5.41 Å². The van der Waals surface area contributed by atoms with Crippen LogP contribution in [0.3, 0.4) is 0 Å². The molecule has 3 heterocycles. The second-order valence-electron chi connectivity index (χ2n) is 9.16. The van der Waals surface area contributed by atoms with Crippen LogP contribution < -0.4 is 10.6 Å². The van der Waals surface area contributed by atoms with Crippen molar-refractivity contribution in [1.82, 2.24) is 10.6 Å². The zero-order valence-electron chi connectivity index (χ0n) is 16.9. The van der Waals surface area contributed by atoms with Crippen LogP contribution >= 0.6 is 0 Å². The minimum Gasteiger partial charge on any atom is -0.356 e. The molecule has 3 rings (SSSR count). The minimum absolute atomic E-state index is 0.0225. The molecule has 2 amide bonds. The Balaban J connectivity index is 1.60. The molecular weight excluding hydrogens is 348 g/mol. The molecule has 0 unspecified atom stereocenters. The van der Waals surface area contributed by atoms with Crippen LogP contribution in [0.1, 0.15) is 53.9 Å². The molecule has 0 radical (unpaired) electrons. The third-order valence-electron chi connectivity index (χ3n) is 4.91. The molecule has 2 N–H and O–H groups in total. The quantitative estimate of drug-likeness (QED) is 0.572. The van der Waals surface area contributed by atoms with Gasteiger partial charge in [0.05, 0.1) is 0 Å². The lowest BCUT2D eigenvalue weighted by Crippen LogP contribution is -2.47. The maximum absolute atomic E-state index is 12.6. The number of amides is 2. The maximum atomic E-state index is 12.6. The topological polar surface area (TPSA) is 89.2 Å². The largest absolute Gasteiger partial charge is 0.356 e. The van der Waals surface area contributed by atoms with E-state index in [4.69, 9.17) is 14.2 Å². The number of carbonyl (C=O) groups excluding carboxylic acids is 2. The molecule has 7 heteroatoms. The van der Waals surface area contributed by atoms with Crippen molar-refractivity contribution in [3.8, 4) is 0 Å². The Morgan fingerprint density at radius 1 is 1.22 bits per heavy atom. The lowest BCUT2D eigenvalue weighted by Gasteiger charge is -2.16. The van der Waals surface area contributed by atoms with E-state index in [1.54, 1.807) is 0 Å². The number of epoxide rings is 1. The summed E-state index contributed by atoms with van der Waals surface area (Å²) in [6.07, 6.45) is 4.99. The lowest BCUT2D eigenvalue weighted by atomic mass is 9.94. The van der Waals surface area contributed by atoms with Gasteiger partial charge in [0, 0.05) is 6.54 Å². The van der Waals surface area contributed by atoms with Gasteiger partial charge in [-0.05, 0) is 38.5 Å². The number of ether oxygens (including phenoxy) is 3. The van der Waals surface area contributed by atoms with E-state index in [2.05, 4.69) is 37.5 Å². The predicted molar refractivity (Wildman–Crippen MR) is 99.9 cm³/mol. The third kappa shape index (κ3) is 5.30. The molecule has 0 bridgehead atoms. The standard InChI is InChI=1S/C20H32N2O5/c1-19(2,3)10-9-13-14(27-20(4,5)26-13)15-16(25-15)18(24)22-12-8-6-7-11-21-17(12)23/h9-10,12-16H,6-8,11H2,1-5H3,(H,21,23)(H,22,24)/b10-9+/t12-,13+,14-,15+,16-/m0/s1. The van der Waals surface area contributed by atoms with Gasteiger partial charge in [-0.1, -0.05) is 32.9 Å². The van der Waals surface area contributed by atoms with Gasteiger partial charge in [-0.3, -0.25) is 9.59 Å². The molecule has 3 aliphatic rings. The molecule has 0 saturated carbocycles. The Labute approximate surface area is 161 Å². The number of nitrogens with one attached hydrogen (secondary N) is 2. The van der Waals surface area contributed by atoms with Crippen LogP contribution in [0.25, 0.3) is 0 Å². The predicted octanol–water partition coefficient (Wildman–Crippen LogP) is 1.66. The first-order valence-corrected chi connectivity index (χ1v) is 9.84. The van der Waals surface area contributed by atoms with Crippen LogP contribution in [-0.2, 0) is 23.8 Å². The molecule has 27 heavy (non-hydrogen) atoms. The van der Waals surface area contributed by atoms with Crippen molar-refractivity contribution >= 4 is 11.8 Å². The second-order valence-corrected chi connectivity index (χ2v) is 9.16. The summed E-state index contributed by atoms with van der Waals surface area (Å²) in [7, 11) is 0. The smallest absolute Gasteiger partial charge is 0.252 e. The van der Waals surface area contributed by atoms with E-state index in [0.717, 1.165) is 12.8 Å². The molecular formula is C20H32N2O5. The van der Waals surface area contributed by atoms with Gasteiger partial charge in [-0.25, -0.2) is 0 Å². The molecule has 0 aromatic carbocycles. The summed E-state index contributed by atoms with van der Waals surface area (Å²) in [5, 5.41) is 5.65. The first kappa shape index (κ1) is 20.3. The Kier molecular flexibility index (Phi) is 5.66. The highest BCUT2D eigenvalue weighted by molar-refractivity contribution is 5.90. The summed E-state index contributed by atoms with van der Waals surface area (Å²) in [5.74, 6) is -1.11. The minimum atomic E-state index is -0.730. The van der Waals surface area contributed by atoms with Crippen LogP contribution in [0.4, 0.5) is 0 Å². The van der Waals surface area contributed by atoms with E-state index in [-0.39, 0.29) is 35.5 Å². The van der Waals surface area contributed by atoms with Gasteiger partial charge >= 0.3 is 0 Å². The van der Waals surface area contributed by atoms with Crippen LogP contribution in [0.5, 0.6) is 0 Å². The van der Waals surface area contributed by atoms with E-state index >= 15 is 0 Å². The van der Waals surface area contributed by atoms with Gasteiger partial charge < -0.3 is 24.8 Å². The van der Waals surface area contributed by atoms with Crippen LogP contribution in [0.2, 0.25) is 0 Å². The lowest BCUT2D eigenvalue weighted by molar-refractivity contribution is -0.144. The van der Waals surface area contributed by atoms with Crippen LogP contribution in [-0.4, -0.2) is 54.6 Å². The van der Waals surface area contributed by atoms with E-state index in [1.165, 1.54) is 0 Å². The SMILES string of the molecule is CC(C)(C)/C=C/[C@H]1OC(C)(C)O[C@@H]1[C@H]1O[C@@H]1C(=O)N[C@H]1CCCCNC1=O. The Bertz CT molecular complexity index is 610. The van der Waals surface area contributed by atoms with Crippen molar-refractivity contribution in [1.29, 1.82) is 0 Å². The monoisotopic (exact) mass is 380 g/mol. The molecule has 0 spiro atoms. The van der Waals surface area contributed by atoms with Gasteiger partial charge in [0.2, 0.25) is 5.91 Å². The summed E-state index contributed by atoms with van der Waals surface area (Å²) < 4.78 is 17.6. The maximum Gasteiger partial charge on any atom is 0.252 e. The Hall–Kier alpha value is -1.44. The fraction of sp³-hybridized carbons (Fsp3) is 0.800. The van der Waals surface area contributed by atoms with Gasteiger partial charge in [0.25, 0.3) is 5.91 Å². The van der Waals surface area contributed by atoms with Crippen molar-refractivity contribution in [3.05, 3.63) is 12.2 Å². The van der Waals surface area contributed by atoms with Crippen LogP contribution in [0.15, 0.2) is 12.2 Å². The highest BCUT2D eigenvalue weighted by atomic mass is 16.8. The van der Waals surface area contributed by atoms with Gasteiger partial charge in [-0.2, -0.15) is 0 Å². The molecule has 5 atom stereocenters. The molecule has 0 aliphatic carbocycles. The highest BCUT2D eigenvalue weighted by Gasteiger charge is 2.57. The summed E-state index contributed by atoms with van der Waals surface area (Å²) >= 11 is 0. The number of hydrogen-bond acceptors (Lipinski definition) is 5. The van der Waals surface area contributed by atoms with Gasteiger partial charge in [0.1, 0.15) is 24.4 Å². The second kappa shape index (κ2) is 7.53. The molecule has 7 nitrogen and oxygen atoms in total. The zero-order chi connectivity index (χ0) is 19.8. The summed E-state index contributed by atoms with van der Waals surface area (Å²) in [6, 6.07) is -0.487. The average Bonchev–Trinajstić information content (AvgIpc) is 3.31. The normalized spacial score (nSPS) is 36.3. The van der Waals surface area contributed by atoms with Crippen molar-refractivity contribution in [2.75, 3.05) is 6.54 Å². The van der Waals surface area contributed by atoms with E-state index in [0.29, 0.717) is 13.0 Å². The molecule has 152 valence electrons. The number of allylic oxidation sites excluding steroid dienone is 1. The first-order chi connectivity index (χ1) is 12.6. The molecule has 0 aromatic heterocycles. The first-order valence-electron chi connectivity index (χ1n) is 9.84. The van der Waals surface area contributed by atoms with Gasteiger partial charge in [0.15, 0.2) is 11.9 Å². The molecule has 3 saturated heterocycles. The Morgan fingerprint density at radius 3 is 2.67 bits per heavy atom. The fourth-order valence-corrected chi connectivity index (χ4v) is 3.52. The average molecular weight is 380 g/mol. The van der Waals surface area contributed by atoms with Gasteiger partial charge in [-0.15, -0.1) is 0 Å². The Morgan fingerprint density at radius 2 is 1.96 bits per heavy atom. The number of carbonyl (C=O) groups is 2. The summed E-state index contributed by atoms with van der Waals surface area (Å²) in [4.78, 5) is 24.6. The summed E-state index contributed by atoms with van der Waals surface area (Å²) in [5.41, 5.74) is 0.0225. The van der Waals surface area contributed by atoms with Crippen molar-refractivity contribution in [3.63, 3.8) is 0 Å². The van der Waals surface area contributed by atoms with E-state index in [9.17, 15) is 9.59 Å². The van der Waals surface area contributed by atoms with E-state index < -0.39 is 17.9 Å². The fourth-order valence-electron chi connectivity index (χ4n) is 3.52. The zero-order valence-corrected chi connectivity index (χ0v) is 16.9. The van der Waals surface area contributed by atoms with Crippen molar-refractivity contribution < 1.29 is 23.8 Å². The molecule has 0 aromatic rings. The number of hydrogen-bond donors (Lipinski definition) is 2. The van der Waals surface area contributed by atoms with E-state index in [1.807, 2.05) is 19.9 Å². The third-order valence-corrected chi connectivity index (χ3v) is 4.91. The summed E-state index contributed by atoms with van der Waals surface area (Å²) in [6.45, 7) is 10.7. The highest BCUT2D eigenvalue weighted by Crippen LogP contribution is 2.39. The van der Waals surface area contributed by atoms with Crippen molar-refractivity contribution in [2.24, 2.45) is 5.41 Å². The molecule has 3 fully saturated rings.